The lowest BCUT2D eigenvalue weighted by atomic mass is 9.44. The van der Waals surface area contributed by atoms with Gasteiger partial charge in [0.2, 0.25) is 0 Å². The molecule has 0 radical (unpaired) electrons. The van der Waals surface area contributed by atoms with E-state index in [1.54, 1.807) is 7.11 Å². The molecule has 258 valence electrons. The predicted octanol–water partition coefficient (Wildman–Crippen LogP) is 7.54. The molecule has 6 heteroatoms. The van der Waals surface area contributed by atoms with Crippen molar-refractivity contribution in [2.45, 2.75) is 109 Å². The van der Waals surface area contributed by atoms with E-state index in [-0.39, 0.29) is 11.0 Å². The molecule has 2 aliphatic heterocycles. The van der Waals surface area contributed by atoms with E-state index in [1.807, 2.05) is 0 Å². The molecule has 0 aromatic heterocycles. The fraction of sp³-hybridized carbons (Fsp3) is 0.850. The topological polar surface area (TPSA) is 43.4 Å². The van der Waals surface area contributed by atoms with Crippen molar-refractivity contribution < 1.29 is 18.9 Å². The van der Waals surface area contributed by atoms with Crippen LogP contribution < -0.4 is 4.74 Å². The molecule has 4 aliphatic carbocycles. The lowest BCUT2D eigenvalue weighted by Crippen LogP contribution is -2.56. The molecule has 1 aromatic carbocycles. The average molecular weight is 637 g/mol. The molecular weight excluding hydrogens is 572 g/mol. The molecule has 0 spiro atoms. The smallest absolute Gasteiger partial charge is 0.118 e. The van der Waals surface area contributed by atoms with Crippen LogP contribution in [0.5, 0.6) is 5.75 Å². The van der Waals surface area contributed by atoms with E-state index < -0.39 is 0 Å². The van der Waals surface area contributed by atoms with Gasteiger partial charge in [-0.2, -0.15) is 0 Å². The number of methoxy groups -OCH3 is 1. The highest BCUT2D eigenvalue weighted by Crippen LogP contribution is 2.71. The normalized spacial score (nSPS) is 39.7. The van der Waals surface area contributed by atoms with Gasteiger partial charge in [0.05, 0.1) is 45.2 Å². The first-order valence-corrected chi connectivity index (χ1v) is 19.4. The number of ether oxygens (including phenoxy) is 4. The van der Waals surface area contributed by atoms with Crippen molar-refractivity contribution in [3.8, 4) is 5.75 Å². The summed E-state index contributed by atoms with van der Waals surface area (Å²) >= 11 is 0. The Morgan fingerprint density at radius 3 is 2.13 bits per heavy atom. The standard InChI is InChI=1S/C40H64N2O4/c1-38-17-14-34(45-29-28-44-26-24-41-20-4-5-21-41)30-32(38)10-13-35-36(38)15-18-39(2)37(35)16-19-40(39,31-8-11-33(43-3)12-9-31)46-27-25-42-22-6-7-23-42/h8-9,11-12,32,34-37H,4-7,10,13-30H2,1-3H3/t32?,34?,35-,36-,37+,38+,39+,40?/m1/s1. The Balaban J connectivity index is 0.985. The van der Waals surface area contributed by atoms with Crippen LogP contribution >= 0.6 is 0 Å². The van der Waals surface area contributed by atoms with Gasteiger partial charge in [0.1, 0.15) is 5.75 Å². The zero-order chi connectivity index (χ0) is 31.6. The summed E-state index contributed by atoms with van der Waals surface area (Å²) in [4.78, 5) is 5.14. The summed E-state index contributed by atoms with van der Waals surface area (Å²) < 4.78 is 25.3. The van der Waals surface area contributed by atoms with Crippen LogP contribution in [0.25, 0.3) is 0 Å². The first kappa shape index (κ1) is 33.3. The maximum absolute atomic E-state index is 7.29. The first-order chi connectivity index (χ1) is 22.4. The quantitative estimate of drug-likeness (QED) is 0.209. The molecule has 0 N–H and O–H groups in total. The SMILES string of the molecule is COc1ccc(C2(OCCN3CCCC3)CC[C@H]3[C@@H]4CCC5CC(OCCOCCN6CCCC6)CC[C@]5(C)[C@@H]4CC[C@@]32C)cc1. The third kappa shape index (κ3) is 6.32. The predicted molar refractivity (Wildman–Crippen MR) is 184 cm³/mol. The number of nitrogens with zero attached hydrogens (tertiary/aromatic N) is 2. The minimum absolute atomic E-state index is 0.173. The van der Waals surface area contributed by atoms with Crippen LogP contribution in [0.4, 0.5) is 0 Å². The Kier molecular flexibility index (Phi) is 10.4. The van der Waals surface area contributed by atoms with Gasteiger partial charge in [-0.3, -0.25) is 0 Å². The minimum Gasteiger partial charge on any atom is -0.497 e. The summed E-state index contributed by atoms with van der Waals surface area (Å²) in [6.07, 6.45) is 17.5. The van der Waals surface area contributed by atoms with Crippen LogP contribution in [-0.4, -0.2) is 88.7 Å². The molecule has 3 unspecified atom stereocenters. The molecule has 46 heavy (non-hydrogen) atoms. The van der Waals surface area contributed by atoms with E-state index in [9.17, 15) is 0 Å². The minimum atomic E-state index is -0.200. The van der Waals surface area contributed by atoms with Gasteiger partial charge in [-0.1, -0.05) is 26.0 Å². The van der Waals surface area contributed by atoms with E-state index in [4.69, 9.17) is 18.9 Å². The highest BCUT2D eigenvalue weighted by atomic mass is 16.5. The zero-order valence-electron chi connectivity index (χ0n) is 29.5. The van der Waals surface area contributed by atoms with E-state index in [0.717, 1.165) is 75.4 Å². The van der Waals surface area contributed by atoms with Crippen LogP contribution in [0.3, 0.4) is 0 Å². The first-order valence-electron chi connectivity index (χ1n) is 19.4. The molecule has 6 nitrogen and oxygen atoms in total. The summed E-state index contributed by atoms with van der Waals surface area (Å²) in [7, 11) is 1.77. The molecule has 0 amide bonds. The number of hydrogen-bond donors (Lipinski definition) is 0. The van der Waals surface area contributed by atoms with Crippen molar-refractivity contribution in [3.05, 3.63) is 29.8 Å². The van der Waals surface area contributed by atoms with Gasteiger partial charge in [-0.05, 0) is 156 Å². The molecule has 1 aromatic rings. The average Bonchev–Trinajstić information content (AvgIpc) is 3.85. The Labute approximate surface area is 280 Å². The molecule has 8 atom stereocenters. The Morgan fingerprint density at radius 2 is 1.41 bits per heavy atom. The van der Waals surface area contributed by atoms with Crippen LogP contribution in [0, 0.1) is 34.5 Å². The van der Waals surface area contributed by atoms with Crippen molar-refractivity contribution in [3.63, 3.8) is 0 Å². The van der Waals surface area contributed by atoms with Gasteiger partial charge in [-0.15, -0.1) is 0 Å². The van der Waals surface area contributed by atoms with Crippen LogP contribution in [0.2, 0.25) is 0 Å². The van der Waals surface area contributed by atoms with E-state index >= 15 is 0 Å². The van der Waals surface area contributed by atoms with Gasteiger partial charge in [-0.25, -0.2) is 0 Å². The number of benzene rings is 1. The second-order valence-electron chi connectivity index (χ2n) is 16.5. The Morgan fingerprint density at radius 1 is 0.717 bits per heavy atom. The van der Waals surface area contributed by atoms with E-state index in [0.29, 0.717) is 11.5 Å². The van der Waals surface area contributed by atoms with Gasteiger partial charge < -0.3 is 28.7 Å². The van der Waals surface area contributed by atoms with Crippen molar-refractivity contribution >= 4 is 0 Å². The van der Waals surface area contributed by atoms with E-state index in [2.05, 4.69) is 47.9 Å². The third-order valence-electron chi connectivity index (χ3n) is 14.6. The largest absolute Gasteiger partial charge is 0.497 e. The molecule has 2 saturated heterocycles. The van der Waals surface area contributed by atoms with Gasteiger partial charge >= 0.3 is 0 Å². The number of rotatable bonds is 13. The van der Waals surface area contributed by atoms with Gasteiger partial charge in [0.25, 0.3) is 0 Å². The molecule has 6 fully saturated rings. The maximum atomic E-state index is 7.29. The van der Waals surface area contributed by atoms with Crippen molar-refractivity contribution in [1.82, 2.24) is 9.80 Å². The number of likely N-dealkylation sites (tertiary alicyclic amines) is 2. The van der Waals surface area contributed by atoms with Crippen LogP contribution in [-0.2, 0) is 19.8 Å². The fourth-order valence-electron chi connectivity index (χ4n) is 12.0. The Hall–Kier alpha value is -1.18. The van der Waals surface area contributed by atoms with Crippen molar-refractivity contribution in [2.75, 3.05) is 72.8 Å². The third-order valence-corrected chi connectivity index (χ3v) is 14.6. The lowest BCUT2D eigenvalue weighted by Gasteiger charge is -2.62. The monoisotopic (exact) mass is 636 g/mol. The molecule has 2 heterocycles. The molecule has 7 rings (SSSR count). The van der Waals surface area contributed by atoms with E-state index in [1.165, 1.54) is 109 Å². The highest BCUT2D eigenvalue weighted by Gasteiger charge is 2.66. The van der Waals surface area contributed by atoms with Crippen molar-refractivity contribution in [1.29, 1.82) is 0 Å². The maximum Gasteiger partial charge on any atom is 0.118 e. The molecule has 4 saturated carbocycles. The van der Waals surface area contributed by atoms with Crippen LogP contribution in [0.1, 0.15) is 103 Å². The van der Waals surface area contributed by atoms with Crippen molar-refractivity contribution in [2.24, 2.45) is 34.5 Å². The van der Waals surface area contributed by atoms with Crippen LogP contribution in [0.15, 0.2) is 24.3 Å². The zero-order valence-corrected chi connectivity index (χ0v) is 29.5. The summed E-state index contributed by atoms with van der Waals surface area (Å²) in [6.45, 7) is 15.6. The summed E-state index contributed by atoms with van der Waals surface area (Å²) in [5, 5.41) is 0. The Bertz CT molecular complexity index is 1120. The number of fused-ring (bicyclic) bond motifs is 5. The molecular formula is C40H64N2O4. The summed E-state index contributed by atoms with van der Waals surface area (Å²) in [5.41, 5.74) is 1.81. The molecule has 6 aliphatic rings. The van der Waals surface area contributed by atoms with Gasteiger partial charge in [0, 0.05) is 18.5 Å². The second kappa shape index (κ2) is 14.4. The summed E-state index contributed by atoms with van der Waals surface area (Å²) in [6, 6.07) is 8.98. The number of hydrogen-bond acceptors (Lipinski definition) is 6. The summed E-state index contributed by atoms with van der Waals surface area (Å²) in [5.74, 6) is 4.15. The van der Waals surface area contributed by atoms with Gasteiger partial charge in [0.15, 0.2) is 0 Å². The fourth-order valence-corrected chi connectivity index (χ4v) is 12.0. The lowest BCUT2D eigenvalue weighted by molar-refractivity contribution is -0.185. The molecule has 0 bridgehead atoms. The highest BCUT2D eigenvalue weighted by molar-refractivity contribution is 5.35. The second-order valence-corrected chi connectivity index (χ2v) is 16.5.